The summed E-state index contributed by atoms with van der Waals surface area (Å²) in [6, 6.07) is 0. The molecule has 0 spiro atoms. The zero-order valence-electron chi connectivity index (χ0n) is 12.3. The van der Waals surface area contributed by atoms with Crippen LogP contribution in [0.15, 0.2) is 12.4 Å². The number of aromatic nitrogens is 2. The lowest BCUT2D eigenvalue weighted by Gasteiger charge is -2.39. The van der Waals surface area contributed by atoms with E-state index in [-0.39, 0.29) is 5.60 Å². The van der Waals surface area contributed by atoms with Crippen molar-refractivity contribution in [3.63, 3.8) is 0 Å². The second kappa shape index (κ2) is 6.53. The van der Waals surface area contributed by atoms with E-state index in [1.165, 1.54) is 19.3 Å². The van der Waals surface area contributed by atoms with E-state index in [0.717, 1.165) is 37.7 Å². The molecule has 0 aliphatic heterocycles. The lowest BCUT2D eigenvalue weighted by molar-refractivity contribution is -0.0741. The Morgan fingerprint density at radius 3 is 2.74 bits per heavy atom. The second-order valence-electron chi connectivity index (χ2n) is 5.76. The lowest BCUT2D eigenvalue weighted by atomic mass is 9.77. The van der Waals surface area contributed by atoms with Gasteiger partial charge in [0.2, 0.25) is 0 Å². The highest BCUT2D eigenvalue weighted by Crippen LogP contribution is 2.35. The first-order chi connectivity index (χ1) is 9.19. The third-order valence-electron chi connectivity index (χ3n) is 4.63. The summed E-state index contributed by atoms with van der Waals surface area (Å²) >= 11 is 0. The number of hydrogen-bond donors (Lipinski definition) is 1. The Morgan fingerprint density at radius 2 is 2.21 bits per heavy atom. The zero-order chi connectivity index (χ0) is 13.7. The van der Waals surface area contributed by atoms with Crippen LogP contribution in [0.2, 0.25) is 0 Å². The van der Waals surface area contributed by atoms with Gasteiger partial charge >= 0.3 is 0 Å². The first-order valence-electron chi connectivity index (χ1n) is 7.51. The summed E-state index contributed by atoms with van der Waals surface area (Å²) < 4.78 is 8.29. The number of ether oxygens (including phenoxy) is 1. The van der Waals surface area contributed by atoms with Gasteiger partial charge in [-0.2, -0.15) is 0 Å². The van der Waals surface area contributed by atoms with Crippen LogP contribution >= 0.6 is 0 Å². The Kier molecular flexibility index (Phi) is 4.99. The van der Waals surface area contributed by atoms with E-state index in [2.05, 4.69) is 16.5 Å². The zero-order valence-corrected chi connectivity index (χ0v) is 12.3. The van der Waals surface area contributed by atoms with Crippen LogP contribution in [0, 0.1) is 12.8 Å². The molecule has 1 aliphatic carbocycles. The van der Waals surface area contributed by atoms with Gasteiger partial charge in [0.15, 0.2) is 0 Å². The molecule has 1 aromatic rings. The van der Waals surface area contributed by atoms with Gasteiger partial charge in [0.25, 0.3) is 0 Å². The number of aryl methyl sites for hydroxylation is 1. The monoisotopic (exact) mass is 265 g/mol. The van der Waals surface area contributed by atoms with Crippen molar-refractivity contribution >= 4 is 0 Å². The SMILES string of the molecule is CCC1CCC(CN)(OCCn2ccnc2C)CC1. The highest BCUT2D eigenvalue weighted by Gasteiger charge is 2.34. The van der Waals surface area contributed by atoms with Gasteiger partial charge in [-0.25, -0.2) is 4.98 Å². The fraction of sp³-hybridized carbons (Fsp3) is 0.800. The number of imidazole rings is 1. The van der Waals surface area contributed by atoms with Crippen molar-refractivity contribution in [1.29, 1.82) is 0 Å². The third kappa shape index (κ3) is 3.57. The van der Waals surface area contributed by atoms with Gasteiger partial charge in [-0.15, -0.1) is 0 Å². The number of nitrogens with two attached hydrogens (primary N) is 1. The van der Waals surface area contributed by atoms with Gasteiger partial charge in [0.05, 0.1) is 12.2 Å². The average Bonchev–Trinajstić information content (AvgIpc) is 2.85. The summed E-state index contributed by atoms with van der Waals surface area (Å²) in [6.07, 6.45) is 9.88. The summed E-state index contributed by atoms with van der Waals surface area (Å²) in [5.74, 6) is 1.92. The lowest BCUT2D eigenvalue weighted by Crippen LogP contribution is -2.44. The third-order valence-corrected chi connectivity index (χ3v) is 4.63. The fourth-order valence-corrected chi connectivity index (χ4v) is 3.02. The van der Waals surface area contributed by atoms with E-state index in [9.17, 15) is 0 Å². The molecule has 2 rings (SSSR count). The number of nitrogens with zero attached hydrogens (tertiary/aromatic N) is 2. The van der Waals surface area contributed by atoms with Crippen molar-refractivity contribution in [2.45, 2.75) is 58.1 Å². The van der Waals surface area contributed by atoms with Gasteiger partial charge < -0.3 is 15.0 Å². The van der Waals surface area contributed by atoms with Crippen LogP contribution in [0.25, 0.3) is 0 Å². The minimum Gasteiger partial charge on any atom is -0.372 e. The molecule has 1 saturated carbocycles. The van der Waals surface area contributed by atoms with E-state index in [1.807, 2.05) is 19.3 Å². The molecule has 4 heteroatoms. The fourth-order valence-electron chi connectivity index (χ4n) is 3.02. The van der Waals surface area contributed by atoms with E-state index in [0.29, 0.717) is 6.54 Å². The van der Waals surface area contributed by atoms with Gasteiger partial charge in [-0.05, 0) is 38.5 Å². The second-order valence-corrected chi connectivity index (χ2v) is 5.76. The molecule has 0 bridgehead atoms. The molecule has 0 saturated heterocycles. The van der Waals surface area contributed by atoms with Crippen LogP contribution in [-0.4, -0.2) is 28.3 Å². The van der Waals surface area contributed by atoms with E-state index >= 15 is 0 Å². The topological polar surface area (TPSA) is 53.1 Å². The summed E-state index contributed by atoms with van der Waals surface area (Å²) in [6.45, 7) is 6.54. The molecule has 0 aromatic carbocycles. The van der Waals surface area contributed by atoms with Crippen LogP contribution in [0.4, 0.5) is 0 Å². The molecular weight excluding hydrogens is 238 g/mol. The Bertz CT molecular complexity index is 380. The Hall–Kier alpha value is -0.870. The molecule has 0 amide bonds. The molecule has 108 valence electrons. The maximum Gasteiger partial charge on any atom is 0.105 e. The first-order valence-corrected chi connectivity index (χ1v) is 7.51. The first kappa shape index (κ1) is 14.5. The molecule has 1 heterocycles. The molecule has 19 heavy (non-hydrogen) atoms. The van der Waals surface area contributed by atoms with Crippen molar-refractivity contribution in [2.24, 2.45) is 11.7 Å². The quantitative estimate of drug-likeness (QED) is 0.860. The molecular formula is C15H27N3O. The van der Waals surface area contributed by atoms with Crippen LogP contribution in [-0.2, 0) is 11.3 Å². The molecule has 2 N–H and O–H groups in total. The van der Waals surface area contributed by atoms with Gasteiger partial charge in [-0.1, -0.05) is 13.3 Å². The van der Waals surface area contributed by atoms with E-state index in [1.54, 1.807) is 0 Å². The largest absolute Gasteiger partial charge is 0.372 e. The maximum absolute atomic E-state index is 6.17. The Balaban J connectivity index is 1.81. The van der Waals surface area contributed by atoms with Gasteiger partial charge in [0, 0.05) is 25.5 Å². The molecule has 1 fully saturated rings. The minimum atomic E-state index is -0.0693. The van der Waals surface area contributed by atoms with E-state index in [4.69, 9.17) is 10.5 Å². The Morgan fingerprint density at radius 1 is 1.47 bits per heavy atom. The molecule has 1 aromatic heterocycles. The highest BCUT2D eigenvalue weighted by molar-refractivity contribution is 4.90. The van der Waals surface area contributed by atoms with Crippen molar-refractivity contribution < 1.29 is 4.74 Å². The van der Waals surface area contributed by atoms with Crippen LogP contribution in [0.3, 0.4) is 0 Å². The normalized spacial score (nSPS) is 27.6. The van der Waals surface area contributed by atoms with Gasteiger partial charge in [-0.3, -0.25) is 0 Å². The summed E-state index contributed by atoms with van der Waals surface area (Å²) in [7, 11) is 0. The summed E-state index contributed by atoms with van der Waals surface area (Å²) in [5.41, 5.74) is 5.90. The molecule has 4 nitrogen and oxygen atoms in total. The highest BCUT2D eigenvalue weighted by atomic mass is 16.5. The van der Waals surface area contributed by atoms with Crippen LogP contribution in [0.5, 0.6) is 0 Å². The Labute approximate surface area is 116 Å². The molecule has 0 atom stereocenters. The number of rotatable bonds is 6. The smallest absolute Gasteiger partial charge is 0.105 e. The van der Waals surface area contributed by atoms with Crippen molar-refractivity contribution in [3.05, 3.63) is 18.2 Å². The molecule has 0 unspecified atom stereocenters. The van der Waals surface area contributed by atoms with Crippen LogP contribution in [0.1, 0.15) is 44.9 Å². The van der Waals surface area contributed by atoms with E-state index < -0.39 is 0 Å². The minimum absolute atomic E-state index is 0.0693. The van der Waals surface area contributed by atoms with Gasteiger partial charge in [0.1, 0.15) is 5.82 Å². The standard InChI is InChI=1S/C15H27N3O/c1-3-14-4-6-15(12-16,7-5-14)19-11-10-18-9-8-17-13(18)2/h8-9,14H,3-7,10-12,16H2,1-2H3. The molecule has 1 aliphatic rings. The molecule has 0 radical (unpaired) electrons. The van der Waals surface area contributed by atoms with Crippen molar-refractivity contribution in [3.8, 4) is 0 Å². The number of hydrogen-bond acceptors (Lipinski definition) is 3. The van der Waals surface area contributed by atoms with Crippen LogP contribution < -0.4 is 5.73 Å². The van der Waals surface area contributed by atoms with Crippen molar-refractivity contribution in [1.82, 2.24) is 9.55 Å². The van der Waals surface area contributed by atoms with Crippen molar-refractivity contribution in [2.75, 3.05) is 13.2 Å². The summed E-state index contributed by atoms with van der Waals surface area (Å²) in [5, 5.41) is 0. The average molecular weight is 265 g/mol. The maximum atomic E-state index is 6.17. The summed E-state index contributed by atoms with van der Waals surface area (Å²) in [4.78, 5) is 4.22. The predicted octanol–water partition coefficient (Wildman–Crippen LogP) is 2.51. The predicted molar refractivity (Wildman–Crippen MR) is 77.0 cm³/mol.